The Bertz CT molecular complexity index is 538. The molecular formula is C19H29ClN2O3. The summed E-state index contributed by atoms with van der Waals surface area (Å²) in [6.45, 7) is 3.99. The molecule has 0 radical (unpaired) electrons. The van der Waals surface area contributed by atoms with Crippen LogP contribution in [0.2, 0.25) is 0 Å². The Morgan fingerprint density at radius 1 is 1.32 bits per heavy atom. The van der Waals surface area contributed by atoms with Gasteiger partial charge in [0.05, 0.1) is 13.0 Å². The molecule has 140 valence electrons. The quantitative estimate of drug-likeness (QED) is 0.837. The van der Waals surface area contributed by atoms with Gasteiger partial charge in [-0.3, -0.25) is 4.79 Å². The highest BCUT2D eigenvalue weighted by Crippen LogP contribution is 2.35. The van der Waals surface area contributed by atoms with Crippen molar-refractivity contribution in [1.29, 1.82) is 0 Å². The Balaban J connectivity index is 0.00000225. The van der Waals surface area contributed by atoms with Crippen molar-refractivity contribution in [2.24, 2.45) is 5.92 Å². The van der Waals surface area contributed by atoms with Gasteiger partial charge in [0.15, 0.2) is 0 Å². The number of piperidine rings is 1. The van der Waals surface area contributed by atoms with Gasteiger partial charge in [0.2, 0.25) is 5.91 Å². The summed E-state index contributed by atoms with van der Waals surface area (Å²) >= 11 is 0. The van der Waals surface area contributed by atoms with E-state index in [4.69, 9.17) is 9.47 Å². The van der Waals surface area contributed by atoms with Gasteiger partial charge in [0.25, 0.3) is 0 Å². The molecule has 5 nitrogen and oxygen atoms in total. The minimum Gasteiger partial charge on any atom is -0.497 e. The fourth-order valence-corrected chi connectivity index (χ4v) is 3.75. The molecule has 2 saturated heterocycles. The van der Waals surface area contributed by atoms with E-state index in [1.807, 2.05) is 12.1 Å². The van der Waals surface area contributed by atoms with Crippen LogP contribution in [0.25, 0.3) is 0 Å². The molecule has 1 aromatic carbocycles. The monoisotopic (exact) mass is 368 g/mol. The first-order valence-corrected chi connectivity index (χ1v) is 8.94. The Morgan fingerprint density at radius 3 is 2.64 bits per heavy atom. The number of carbonyl (C=O) groups excluding carboxylic acids is 1. The SMILES string of the molecule is COc1ccc(C2(CNC(=O)C3CCCNC3)CCOCC2)cc1.Cl. The first-order chi connectivity index (χ1) is 11.7. The number of carbonyl (C=O) groups is 1. The minimum absolute atomic E-state index is 0. The molecule has 1 aromatic rings. The van der Waals surface area contributed by atoms with Crippen LogP contribution in [-0.2, 0) is 14.9 Å². The lowest BCUT2D eigenvalue weighted by Gasteiger charge is -2.38. The normalized spacial score (nSPS) is 22.5. The Hall–Kier alpha value is -1.30. The molecule has 0 spiro atoms. The molecule has 1 atom stereocenters. The van der Waals surface area contributed by atoms with E-state index in [0.29, 0.717) is 6.54 Å². The zero-order valence-corrected chi connectivity index (χ0v) is 15.7. The second kappa shape index (κ2) is 9.41. The first kappa shape index (κ1) is 20.0. The molecule has 25 heavy (non-hydrogen) atoms. The van der Waals surface area contributed by atoms with Crippen molar-refractivity contribution in [3.63, 3.8) is 0 Å². The van der Waals surface area contributed by atoms with Gasteiger partial charge in [-0.25, -0.2) is 0 Å². The summed E-state index contributed by atoms with van der Waals surface area (Å²) in [6, 6.07) is 8.25. The number of hydrogen-bond donors (Lipinski definition) is 2. The van der Waals surface area contributed by atoms with Crippen molar-refractivity contribution in [3.8, 4) is 5.75 Å². The lowest BCUT2D eigenvalue weighted by atomic mass is 9.74. The predicted molar refractivity (Wildman–Crippen MR) is 101 cm³/mol. The van der Waals surface area contributed by atoms with Crippen LogP contribution in [0.3, 0.4) is 0 Å². The zero-order chi connectivity index (χ0) is 16.8. The summed E-state index contributed by atoms with van der Waals surface area (Å²) in [5.41, 5.74) is 1.22. The van der Waals surface area contributed by atoms with E-state index < -0.39 is 0 Å². The smallest absolute Gasteiger partial charge is 0.224 e. The fraction of sp³-hybridized carbons (Fsp3) is 0.632. The second-order valence-corrected chi connectivity index (χ2v) is 6.88. The Kier molecular flexibility index (Phi) is 7.54. The predicted octanol–water partition coefficient (Wildman–Crippen LogP) is 2.28. The molecule has 0 aromatic heterocycles. The van der Waals surface area contributed by atoms with E-state index >= 15 is 0 Å². The van der Waals surface area contributed by atoms with Crippen LogP contribution in [0.5, 0.6) is 5.75 Å². The molecular weight excluding hydrogens is 340 g/mol. The van der Waals surface area contributed by atoms with E-state index in [1.165, 1.54) is 5.56 Å². The number of hydrogen-bond acceptors (Lipinski definition) is 4. The highest BCUT2D eigenvalue weighted by atomic mass is 35.5. The molecule has 0 bridgehead atoms. The molecule has 2 fully saturated rings. The summed E-state index contributed by atoms with van der Waals surface area (Å²) < 4.78 is 10.8. The van der Waals surface area contributed by atoms with Gasteiger partial charge in [-0.1, -0.05) is 12.1 Å². The molecule has 2 heterocycles. The van der Waals surface area contributed by atoms with E-state index in [1.54, 1.807) is 7.11 Å². The summed E-state index contributed by atoms with van der Waals surface area (Å²) in [4.78, 5) is 12.5. The third kappa shape index (κ3) is 4.87. The number of amides is 1. The van der Waals surface area contributed by atoms with Gasteiger partial charge in [-0.05, 0) is 49.9 Å². The number of rotatable bonds is 5. The average Bonchev–Trinajstić information content (AvgIpc) is 2.67. The number of nitrogens with one attached hydrogen (secondary N) is 2. The molecule has 2 aliphatic rings. The van der Waals surface area contributed by atoms with E-state index in [-0.39, 0.29) is 29.6 Å². The van der Waals surface area contributed by atoms with Gasteiger partial charge in [-0.15, -0.1) is 12.4 Å². The number of halogens is 1. The van der Waals surface area contributed by atoms with Crippen LogP contribution < -0.4 is 15.4 Å². The second-order valence-electron chi connectivity index (χ2n) is 6.88. The maximum Gasteiger partial charge on any atom is 0.224 e. The third-order valence-electron chi connectivity index (χ3n) is 5.42. The van der Waals surface area contributed by atoms with Crippen LogP contribution in [0, 0.1) is 5.92 Å². The van der Waals surface area contributed by atoms with Crippen molar-refractivity contribution < 1.29 is 14.3 Å². The molecule has 0 aliphatic carbocycles. The van der Waals surface area contributed by atoms with Crippen LogP contribution in [0.1, 0.15) is 31.2 Å². The number of ether oxygens (including phenoxy) is 2. The topological polar surface area (TPSA) is 59.6 Å². The van der Waals surface area contributed by atoms with Crippen LogP contribution in [0.15, 0.2) is 24.3 Å². The van der Waals surface area contributed by atoms with Gasteiger partial charge in [0, 0.05) is 31.7 Å². The highest BCUT2D eigenvalue weighted by Gasteiger charge is 2.35. The van der Waals surface area contributed by atoms with E-state index in [2.05, 4.69) is 22.8 Å². The third-order valence-corrected chi connectivity index (χ3v) is 5.42. The lowest BCUT2D eigenvalue weighted by molar-refractivity contribution is -0.126. The fourth-order valence-electron chi connectivity index (χ4n) is 3.75. The molecule has 0 saturated carbocycles. The van der Waals surface area contributed by atoms with Crippen molar-refractivity contribution >= 4 is 18.3 Å². The lowest BCUT2D eigenvalue weighted by Crippen LogP contribution is -2.48. The summed E-state index contributed by atoms with van der Waals surface area (Å²) in [6.07, 6.45) is 3.93. The first-order valence-electron chi connectivity index (χ1n) is 8.94. The standard InChI is InChI=1S/C19H28N2O3.ClH/c1-23-17-6-4-16(5-7-17)19(8-11-24-12-9-19)14-21-18(22)15-3-2-10-20-13-15;/h4-7,15,20H,2-3,8-14H2,1H3,(H,21,22);1H. The Labute approximate surface area is 156 Å². The largest absolute Gasteiger partial charge is 0.497 e. The van der Waals surface area contributed by atoms with Crippen molar-refractivity contribution in [3.05, 3.63) is 29.8 Å². The molecule has 1 unspecified atom stereocenters. The maximum atomic E-state index is 12.5. The zero-order valence-electron chi connectivity index (χ0n) is 14.9. The van der Waals surface area contributed by atoms with Crippen molar-refractivity contribution in [2.45, 2.75) is 31.1 Å². The molecule has 3 rings (SSSR count). The van der Waals surface area contributed by atoms with Gasteiger partial charge in [-0.2, -0.15) is 0 Å². The van der Waals surface area contributed by atoms with Crippen molar-refractivity contribution in [2.75, 3.05) is 40.0 Å². The molecule has 2 N–H and O–H groups in total. The summed E-state index contributed by atoms with van der Waals surface area (Å²) in [5, 5.41) is 6.54. The molecule has 2 aliphatic heterocycles. The summed E-state index contributed by atoms with van der Waals surface area (Å²) in [7, 11) is 1.68. The Morgan fingerprint density at radius 2 is 2.04 bits per heavy atom. The van der Waals surface area contributed by atoms with Gasteiger partial charge >= 0.3 is 0 Å². The summed E-state index contributed by atoms with van der Waals surface area (Å²) in [5.74, 6) is 1.14. The highest BCUT2D eigenvalue weighted by molar-refractivity contribution is 5.85. The van der Waals surface area contributed by atoms with E-state index in [0.717, 1.165) is 57.7 Å². The van der Waals surface area contributed by atoms with Gasteiger partial charge < -0.3 is 20.1 Å². The van der Waals surface area contributed by atoms with Crippen LogP contribution in [-0.4, -0.2) is 45.9 Å². The van der Waals surface area contributed by atoms with Crippen LogP contribution >= 0.6 is 12.4 Å². The van der Waals surface area contributed by atoms with Gasteiger partial charge in [0.1, 0.15) is 5.75 Å². The number of methoxy groups -OCH3 is 1. The van der Waals surface area contributed by atoms with Crippen LogP contribution in [0.4, 0.5) is 0 Å². The van der Waals surface area contributed by atoms with Crippen molar-refractivity contribution in [1.82, 2.24) is 10.6 Å². The maximum absolute atomic E-state index is 12.5. The molecule has 1 amide bonds. The number of benzene rings is 1. The minimum atomic E-state index is -0.0394. The average molecular weight is 369 g/mol. The van der Waals surface area contributed by atoms with E-state index in [9.17, 15) is 4.79 Å². The molecule has 6 heteroatoms.